The van der Waals surface area contributed by atoms with E-state index in [1.807, 2.05) is 36.4 Å². The highest BCUT2D eigenvalue weighted by molar-refractivity contribution is 6.30. The summed E-state index contributed by atoms with van der Waals surface area (Å²) in [7, 11) is 0. The van der Waals surface area contributed by atoms with Gasteiger partial charge in [-0.05, 0) is 35.7 Å². The lowest BCUT2D eigenvalue weighted by molar-refractivity contribution is 0.189. The maximum atomic E-state index is 11.0. The molecule has 2 N–H and O–H groups in total. The van der Waals surface area contributed by atoms with Gasteiger partial charge >= 0.3 is 6.09 Å². The van der Waals surface area contributed by atoms with Crippen LogP contribution in [0.3, 0.4) is 0 Å². The van der Waals surface area contributed by atoms with Crippen molar-refractivity contribution in [2.24, 2.45) is 0 Å². The molecule has 1 amide bonds. The number of nitrogens with zero attached hydrogens (tertiary/aromatic N) is 1. The number of carbonyl (C=O) groups is 1. The zero-order valence-corrected chi connectivity index (χ0v) is 12.8. The zero-order valence-electron chi connectivity index (χ0n) is 12.0. The summed E-state index contributed by atoms with van der Waals surface area (Å²) in [6, 6.07) is 15.8. The highest BCUT2D eigenvalue weighted by Crippen LogP contribution is 2.30. The van der Waals surface area contributed by atoms with Crippen molar-refractivity contribution in [2.45, 2.75) is 19.0 Å². The maximum Gasteiger partial charge on any atom is 0.404 e. The Kier molecular flexibility index (Phi) is 4.20. The molecule has 0 spiro atoms. The molecule has 3 rings (SSSR count). The molecule has 5 heteroatoms. The van der Waals surface area contributed by atoms with Crippen LogP contribution in [0.15, 0.2) is 48.5 Å². The van der Waals surface area contributed by atoms with Crippen molar-refractivity contribution in [2.75, 3.05) is 11.4 Å². The van der Waals surface area contributed by atoms with E-state index in [4.69, 9.17) is 16.7 Å². The van der Waals surface area contributed by atoms with E-state index in [1.54, 1.807) is 0 Å². The van der Waals surface area contributed by atoms with Crippen LogP contribution in [0.2, 0.25) is 5.02 Å². The summed E-state index contributed by atoms with van der Waals surface area (Å²) >= 11 is 6.08. The molecule has 0 saturated carbocycles. The number of hydrogen-bond donors (Lipinski definition) is 2. The summed E-state index contributed by atoms with van der Waals surface area (Å²) < 4.78 is 0. The minimum absolute atomic E-state index is 0.132. The minimum atomic E-state index is -0.991. The van der Waals surface area contributed by atoms with E-state index in [9.17, 15) is 4.79 Å². The van der Waals surface area contributed by atoms with Gasteiger partial charge in [-0.3, -0.25) is 0 Å². The number of fused-ring (bicyclic) bond motifs is 1. The van der Waals surface area contributed by atoms with Crippen LogP contribution in [-0.2, 0) is 13.0 Å². The summed E-state index contributed by atoms with van der Waals surface area (Å²) in [5, 5.41) is 12.3. The molecule has 0 aliphatic carbocycles. The molecular weight excluding hydrogens is 300 g/mol. The molecule has 1 heterocycles. The fourth-order valence-electron chi connectivity index (χ4n) is 2.95. The third-order valence-corrected chi connectivity index (χ3v) is 4.07. The normalized spacial score (nSPS) is 17.0. The largest absolute Gasteiger partial charge is 0.465 e. The Balaban J connectivity index is 1.89. The third-order valence-electron chi connectivity index (χ3n) is 3.83. The number of halogens is 1. The van der Waals surface area contributed by atoms with Gasteiger partial charge in [0, 0.05) is 23.8 Å². The van der Waals surface area contributed by atoms with Crippen molar-refractivity contribution in [3.63, 3.8) is 0 Å². The lowest BCUT2D eigenvalue weighted by atomic mass is 9.97. The first kappa shape index (κ1) is 14.7. The lowest BCUT2D eigenvalue weighted by Crippen LogP contribution is -2.47. The minimum Gasteiger partial charge on any atom is -0.465 e. The smallest absolute Gasteiger partial charge is 0.404 e. The molecule has 0 bridgehead atoms. The van der Waals surface area contributed by atoms with Gasteiger partial charge < -0.3 is 15.3 Å². The van der Waals surface area contributed by atoms with E-state index in [1.165, 1.54) is 5.56 Å². The van der Waals surface area contributed by atoms with Crippen molar-refractivity contribution in [1.82, 2.24) is 5.32 Å². The Labute approximate surface area is 134 Å². The van der Waals surface area contributed by atoms with Crippen LogP contribution < -0.4 is 10.2 Å². The lowest BCUT2D eigenvalue weighted by Gasteiger charge is -2.36. The molecule has 0 aromatic heterocycles. The SMILES string of the molecule is O=C(O)NC1Cc2cc(Cl)ccc2N(Cc2ccccc2)C1. The number of hydrogen-bond acceptors (Lipinski definition) is 2. The monoisotopic (exact) mass is 316 g/mol. The van der Waals surface area contributed by atoms with Crippen LogP contribution in [-0.4, -0.2) is 23.8 Å². The molecule has 0 saturated heterocycles. The van der Waals surface area contributed by atoms with Crippen LogP contribution in [0, 0.1) is 0 Å². The van der Waals surface area contributed by atoms with Crippen LogP contribution in [0.4, 0.5) is 10.5 Å². The molecule has 1 aliphatic heterocycles. The van der Waals surface area contributed by atoms with E-state index in [-0.39, 0.29) is 6.04 Å². The second-order valence-corrected chi connectivity index (χ2v) is 5.93. The van der Waals surface area contributed by atoms with E-state index in [0.717, 1.165) is 17.8 Å². The molecule has 1 aliphatic rings. The van der Waals surface area contributed by atoms with Gasteiger partial charge in [0.15, 0.2) is 0 Å². The van der Waals surface area contributed by atoms with Gasteiger partial charge in [-0.25, -0.2) is 4.79 Å². The van der Waals surface area contributed by atoms with Crippen LogP contribution in [0.5, 0.6) is 0 Å². The fourth-order valence-corrected chi connectivity index (χ4v) is 3.14. The summed E-state index contributed by atoms with van der Waals surface area (Å²) in [5.41, 5.74) is 3.39. The predicted octanol–water partition coefficient (Wildman–Crippen LogP) is 3.54. The number of rotatable bonds is 3. The summed E-state index contributed by atoms with van der Waals surface area (Å²) in [4.78, 5) is 13.2. The van der Waals surface area contributed by atoms with Crippen molar-refractivity contribution in [3.8, 4) is 0 Å². The second kappa shape index (κ2) is 6.28. The van der Waals surface area contributed by atoms with Gasteiger partial charge in [0.1, 0.15) is 0 Å². The highest BCUT2D eigenvalue weighted by atomic mass is 35.5. The first-order valence-electron chi connectivity index (χ1n) is 7.18. The first-order chi connectivity index (χ1) is 10.6. The van der Waals surface area contributed by atoms with Gasteiger partial charge in [-0.2, -0.15) is 0 Å². The van der Waals surface area contributed by atoms with E-state index >= 15 is 0 Å². The Bertz CT molecular complexity index is 676. The van der Waals surface area contributed by atoms with E-state index in [2.05, 4.69) is 22.3 Å². The molecule has 22 heavy (non-hydrogen) atoms. The Morgan fingerprint density at radius 3 is 2.77 bits per heavy atom. The molecule has 0 fully saturated rings. The highest BCUT2D eigenvalue weighted by Gasteiger charge is 2.25. The van der Waals surface area contributed by atoms with Crippen molar-refractivity contribution in [3.05, 3.63) is 64.7 Å². The van der Waals surface area contributed by atoms with Gasteiger partial charge in [0.25, 0.3) is 0 Å². The van der Waals surface area contributed by atoms with Gasteiger partial charge in [-0.15, -0.1) is 0 Å². The topological polar surface area (TPSA) is 52.6 Å². The number of benzene rings is 2. The first-order valence-corrected chi connectivity index (χ1v) is 7.56. The summed E-state index contributed by atoms with van der Waals surface area (Å²) in [6.45, 7) is 1.39. The Morgan fingerprint density at radius 1 is 1.27 bits per heavy atom. The second-order valence-electron chi connectivity index (χ2n) is 5.49. The van der Waals surface area contributed by atoms with Gasteiger partial charge in [0.05, 0.1) is 6.04 Å². The quantitative estimate of drug-likeness (QED) is 0.910. The molecule has 2 aromatic carbocycles. The molecule has 114 valence electrons. The molecule has 2 aromatic rings. The Hall–Kier alpha value is -2.20. The third kappa shape index (κ3) is 3.34. The van der Waals surface area contributed by atoms with Crippen molar-refractivity contribution in [1.29, 1.82) is 0 Å². The predicted molar refractivity (Wildman–Crippen MR) is 87.6 cm³/mol. The number of anilines is 1. The molecule has 1 atom stereocenters. The average Bonchev–Trinajstić information content (AvgIpc) is 2.47. The number of carboxylic acid groups (broad SMARTS) is 1. The number of amides is 1. The number of nitrogens with one attached hydrogen (secondary N) is 1. The fraction of sp³-hybridized carbons (Fsp3) is 0.235. The average molecular weight is 317 g/mol. The maximum absolute atomic E-state index is 11.0. The van der Waals surface area contributed by atoms with Gasteiger partial charge in [0.2, 0.25) is 0 Å². The van der Waals surface area contributed by atoms with Crippen LogP contribution in [0.25, 0.3) is 0 Å². The summed E-state index contributed by atoms with van der Waals surface area (Å²) in [5.74, 6) is 0. The molecular formula is C17H17ClN2O2. The molecule has 1 unspecified atom stereocenters. The Morgan fingerprint density at radius 2 is 2.05 bits per heavy atom. The van der Waals surface area contributed by atoms with E-state index < -0.39 is 6.09 Å². The van der Waals surface area contributed by atoms with Crippen molar-refractivity contribution < 1.29 is 9.90 Å². The zero-order chi connectivity index (χ0) is 15.5. The summed E-state index contributed by atoms with van der Waals surface area (Å²) in [6.07, 6.45) is -0.330. The van der Waals surface area contributed by atoms with Crippen molar-refractivity contribution >= 4 is 23.4 Å². The molecule has 4 nitrogen and oxygen atoms in total. The van der Waals surface area contributed by atoms with Gasteiger partial charge in [-0.1, -0.05) is 41.9 Å². The van der Waals surface area contributed by atoms with Crippen LogP contribution in [0.1, 0.15) is 11.1 Å². The van der Waals surface area contributed by atoms with E-state index in [0.29, 0.717) is 18.0 Å². The standard InChI is InChI=1S/C17H17ClN2O2/c18-14-6-7-16-13(8-14)9-15(19-17(21)22)11-20(16)10-12-4-2-1-3-5-12/h1-8,15,19H,9-11H2,(H,21,22). The van der Waals surface area contributed by atoms with Crippen LogP contribution >= 0.6 is 11.6 Å². The molecule has 0 radical (unpaired) electrons.